The van der Waals surface area contributed by atoms with Gasteiger partial charge < -0.3 is 10.6 Å². The van der Waals surface area contributed by atoms with Crippen LogP contribution in [0.2, 0.25) is 0 Å². The summed E-state index contributed by atoms with van der Waals surface area (Å²) in [7, 11) is 0. The van der Waals surface area contributed by atoms with Gasteiger partial charge in [-0.2, -0.15) is 0 Å². The first-order valence-corrected chi connectivity index (χ1v) is 10.3. The third-order valence-corrected chi connectivity index (χ3v) is 5.64. The number of nitrogens with zero attached hydrogens (tertiary/aromatic N) is 2. The topological polar surface area (TPSA) is 66.9 Å². The van der Waals surface area contributed by atoms with Crippen molar-refractivity contribution in [2.45, 2.75) is 69.9 Å². The van der Waals surface area contributed by atoms with Gasteiger partial charge in [-0.05, 0) is 25.7 Å². The van der Waals surface area contributed by atoms with E-state index in [-0.39, 0.29) is 11.9 Å². The molecule has 2 aliphatic rings. The minimum atomic E-state index is -0.0871. The third kappa shape index (κ3) is 4.65. The fourth-order valence-electron chi connectivity index (χ4n) is 4.14. The van der Waals surface area contributed by atoms with E-state index in [1.165, 1.54) is 32.1 Å². The van der Waals surface area contributed by atoms with Crippen molar-refractivity contribution in [1.29, 1.82) is 0 Å². The molecule has 2 N–H and O–H groups in total. The maximum absolute atomic E-state index is 12.9. The molecule has 2 aromatic rings. The van der Waals surface area contributed by atoms with Crippen LogP contribution in [0.4, 0.5) is 5.82 Å². The van der Waals surface area contributed by atoms with Crippen LogP contribution in [0.15, 0.2) is 36.4 Å². The maximum Gasteiger partial charge on any atom is 0.270 e. The quantitative estimate of drug-likeness (QED) is 0.816. The van der Waals surface area contributed by atoms with Crippen molar-refractivity contribution in [3.05, 3.63) is 42.1 Å². The summed E-state index contributed by atoms with van der Waals surface area (Å²) in [4.78, 5) is 22.1. The number of hydrogen-bond acceptors (Lipinski definition) is 4. The Morgan fingerprint density at radius 1 is 0.852 bits per heavy atom. The van der Waals surface area contributed by atoms with E-state index in [4.69, 9.17) is 4.98 Å². The summed E-state index contributed by atoms with van der Waals surface area (Å²) in [5, 5.41) is 6.70. The van der Waals surface area contributed by atoms with Gasteiger partial charge in [0.15, 0.2) is 5.82 Å². The van der Waals surface area contributed by atoms with Crippen molar-refractivity contribution in [1.82, 2.24) is 15.3 Å². The Morgan fingerprint density at radius 3 is 2.26 bits per heavy atom. The maximum atomic E-state index is 12.9. The van der Waals surface area contributed by atoms with Crippen LogP contribution < -0.4 is 10.6 Å². The van der Waals surface area contributed by atoms with E-state index < -0.39 is 0 Å². The van der Waals surface area contributed by atoms with E-state index in [0.717, 1.165) is 37.1 Å². The Hall–Kier alpha value is -2.43. The highest BCUT2D eigenvalue weighted by Crippen LogP contribution is 2.24. The van der Waals surface area contributed by atoms with Crippen molar-refractivity contribution in [3.63, 3.8) is 0 Å². The van der Waals surface area contributed by atoms with Gasteiger partial charge in [0.2, 0.25) is 0 Å². The number of aromatic nitrogens is 2. The van der Waals surface area contributed by atoms with Crippen LogP contribution in [-0.4, -0.2) is 28.0 Å². The van der Waals surface area contributed by atoms with Crippen LogP contribution in [-0.2, 0) is 0 Å². The number of benzene rings is 1. The zero-order valence-corrected chi connectivity index (χ0v) is 15.8. The molecule has 27 heavy (non-hydrogen) atoms. The monoisotopic (exact) mass is 364 g/mol. The highest BCUT2D eigenvalue weighted by Gasteiger charge is 2.21. The van der Waals surface area contributed by atoms with Gasteiger partial charge in [0.25, 0.3) is 5.91 Å². The molecule has 2 saturated carbocycles. The third-order valence-electron chi connectivity index (χ3n) is 5.64. The summed E-state index contributed by atoms with van der Waals surface area (Å²) in [6, 6.07) is 12.4. The Labute approximate surface area is 161 Å². The summed E-state index contributed by atoms with van der Waals surface area (Å²) in [6.07, 6.45) is 10.6. The molecule has 2 fully saturated rings. The van der Waals surface area contributed by atoms with Gasteiger partial charge >= 0.3 is 0 Å². The molecular formula is C22H28N4O. The van der Waals surface area contributed by atoms with Gasteiger partial charge in [-0.15, -0.1) is 0 Å². The molecule has 0 atom stereocenters. The van der Waals surface area contributed by atoms with Crippen molar-refractivity contribution in [2.75, 3.05) is 5.32 Å². The van der Waals surface area contributed by atoms with Gasteiger partial charge in [0, 0.05) is 23.7 Å². The second kappa shape index (κ2) is 8.51. The molecule has 1 amide bonds. The average molecular weight is 364 g/mol. The van der Waals surface area contributed by atoms with Crippen LogP contribution in [0.3, 0.4) is 0 Å². The van der Waals surface area contributed by atoms with E-state index in [0.29, 0.717) is 17.6 Å². The van der Waals surface area contributed by atoms with E-state index in [2.05, 4.69) is 15.6 Å². The molecule has 4 rings (SSSR count). The lowest BCUT2D eigenvalue weighted by Crippen LogP contribution is -2.36. The van der Waals surface area contributed by atoms with E-state index in [1.54, 1.807) is 0 Å². The second-order valence-corrected chi connectivity index (χ2v) is 7.76. The molecule has 5 nitrogen and oxygen atoms in total. The number of amides is 1. The number of nitrogens with one attached hydrogen (secondary N) is 2. The number of rotatable bonds is 5. The lowest BCUT2D eigenvalue weighted by atomic mass is 9.95. The Bertz CT molecular complexity index is 765. The average Bonchev–Trinajstić information content (AvgIpc) is 3.22. The number of carbonyl (C=O) groups excluding carboxylic acids is 1. The zero-order chi connectivity index (χ0) is 18.5. The predicted octanol–water partition coefficient (Wildman–Crippen LogP) is 4.56. The van der Waals surface area contributed by atoms with Crippen molar-refractivity contribution < 1.29 is 4.79 Å². The smallest absolute Gasteiger partial charge is 0.270 e. The lowest BCUT2D eigenvalue weighted by molar-refractivity contribution is 0.0922. The first kappa shape index (κ1) is 18.0. The molecule has 0 unspecified atom stereocenters. The number of hydrogen-bond donors (Lipinski definition) is 2. The standard InChI is InChI=1S/C22H28N4O/c27-22(24-18-11-5-2-6-12-18)19-15-20(23-17-13-7-8-14-17)26-21(25-19)16-9-3-1-4-10-16/h1,3-4,9-10,15,17-18H,2,5-8,11-14H2,(H,24,27)(H,23,25,26). The molecule has 1 aromatic heterocycles. The number of carbonyl (C=O) groups is 1. The summed E-state index contributed by atoms with van der Waals surface area (Å²) < 4.78 is 0. The molecular weight excluding hydrogens is 336 g/mol. The molecule has 142 valence electrons. The Balaban J connectivity index is 1.59. The van der Waals surface area contributed by atoms with Gasteiger partial charge in [-0.1, -0.05) is 62.4 Å². The summed E-state index contributed by atoms with van der Waals surface area (Å²) in [5.41, 5.74) is 1.38. The molecule has 0 spiro atoms. The fourth-order valence-corrected chi connectivity index (χ4v) is 4.14. The zero-order valence-electron chi connectivity index (χ0n) is 15.8. The molecule has 1 aromatic carbocycles. The van der Waals surface area contributed by atoms with Gasteiger partial charge in [-0.25, -0.2) is 9.97 Å². The van der Waals surface area contributed by atoms with Crippen molar-refractivity contribution >= 4 is 11.7 Å². The molecule has 0 bridgehead atoms. The van der Waals surface area contributed by atoms with Gasteiger partial charge in [0.1, 0.15) is 11.5 Å². The van der Waals surface area contributed by atoms with Gasteiger partial charge in [-0.3, -0.25) is 4.79 Å². The van der Waals surface area contributed by atoms with Crippen LogP contribution in [0.25, 0.3) is 11.4 Å². The molecule has 2 aliphatic carbocycles. The molecule has 0 saturated heterocycles. The van der Waals surface area contributed by atoms with E-state index >= 15 is 0 Å². The summed E-state index contributed by atoms with van der Waals surface area (Å²) in [6.45, 7) is 0. The highest BCUT2D eigenvalue weighted by atomic mass is 16.1. The Kier molecular flexibility index (Phi) is 5.66. The van der Waals surface area contributed by atoms with Crippen molar-refractivity contribution in [2.24, 2.45) is 0 Å². The minimum Gasteiger partial charge on any atom is -0.367 e. The SMILES string of the molecule is O=C(NC1CCCCC1)c1cc(NC2CCCC2)nc(-c2ccccc2)n1. The van der Waals surface area contributed by atoms with Crippen LogP contribution >= 0.6 is 0 Å². The first-order chi connectivity index (χ1) is 13.3. The first-order valence-electron chi connectivity index (χ1n) is 10.3. The van der Waals surface area contributed by atoms with Crippen LogP contribution in [0.5, 0.6) is 0 Å². The molecule has 1 heterocycles. The number of anilines is 1. The van der Waals surface area contributed by atoms with Crippen LogP contribution in [0, 0.1) is 0 Å². The minimum absolute atomic E-state index is 0.0871. The largest absolute Gasteiger partial charge is 0.367 e. The van der Waals surface area contributed by atoms with E-state index in [1.807, 2.05) is 36.4 Å². The molecule has 0 aliphatic heterocycles. The highest BCUT2D eigenvalue weighted by molar-refractivity contribution is 5.93. The predicted molar refractivity (Wildman–Crippen MR) is 108 cm³/mol. The normalized spacial score (nSPS) is 18.4. The molecule has 0 radical (unpaired) electrons. The van der Waals surface area contributed by atoms with E-state index in [9.17, 15) is 4.79 Å². The lowest BCUT2D eigenvalue weighted by Gasteiger charge is -2.22. The summed E-state index contributed by atoms with van der Waals surface area (Å²) >= 11 is 0. The van der Waals surface area contributed by atoms with Gasteiger partial charge in [0.05, 0.1) is 0 Å². The summed E-state index contributed by atoms with van der Waals surface area (Å²) in [5.74, 6) is 1.27. The fraction of sp³-hybridized carbons (Fsp3) is 0.500. The molecule has 5 heteroatoms. The van der Waals surface area contributed by atoms with Crippen LogP contribution in [0.1, 0.15) is 68.3 Å². The van der Waals surface area contributed by atoms with Crippen molar-refractivity contribution in [3.8, 4) is 11.4 Å². The Morgan fingerprint density at radius 2 is 1.52 bits per heavy atom. The second-order valence-electron chi connectivity index (χ2n) is 7.76.